The fourth-order valence-corrected chi connectivity index (χ4v) is 1.66. The van der Waals surface area contributed by atoms with Crippen molar-refractivity contribution < 1.29 is 4.74 Å². The molecule has 5 heteroatoms. The summed E-state index contributed by atoms with van der Waals surface area (Å²) in [4.78, 5) is 10.4. The number of anilines is 2. The van der Waals surface area contributed by atoms with Crippen molar-refractivity contribution >= 4 is 11.6 Å². The molecule has 0 saturated carbocycles. The molecule has 0 atom stereocenters. The summed E-state index contributed by atoms with van der Waals surface area (Å²) in [5.41, 5.74) is 5.76. The van der Waals surface area contributed by atoms with Gasteiger partial charge >= 0.3 is 0 Å². The van der Waals surface area contributed by atoms with Crippen LogP contribution in [0.5, 0.6) is 5.75 Å². The topological polar surface area (TPSA) is 64.3 Å². The number of aromatic nitrogens is 2. The number of hydrogen-bond acceptors (Lipinski definition) is 5. The molecule has 1 aromatic rings. The number of nitrogens with zero attached hydrogens (tertiary/aromatic N) is 3. The molecule has 2 N–H and O–H groups in total. The van der Waals surface area contributed by atoms with Crippen molar-refractivity contribution in [2.75, 3.05) is 30.8 Å². The van der Waals surface area contributed by atoms with Gasteiger partial charge in [0.2, 0.25) is 5.75 Å². The van der Waals surface area contributed by atoms with Gasteiger partial charge in [0.15, 0.2) is 11.6 Å². The summed E-state index contributed by atoms with van der Waals surface area (Å²) in [5, 5.41) is 0. The highest BCUT2D eigenvalue weighted by atomic mass is 16.5. The van der Waals surface area contributed by atoms with Gasteiger partial charge in [-0.15, -0.1) is 0 Å². The predicted octanol–water partition coefficient (Wildman–Crippen LogP) is 1.69. The van der Waals surface area contributed by atoms with E-state index in [1.165, 1.54) is 6.33 Å². The van der Waals surface area contributed by atoms with Gasteiger partial charge in [0.05, 0.1) is 7.11 Å². The molecular formula is C11H20N4O. The molecule has 1 aromatic heterocycles. The van der Waals surface area contributed by atoms with Gasteiger partial charge in [-0.1, -0.05) is 13.8 Å². The Hall–Kier alpha value is -1.52. The van der Waals surface area contributed by atoms with Crippen LogP contribution in [0.4, 0.5) is 11.6 Å². The summed E-state index contributed by atoms with van der Waals surface area (Å²) in [6.07, 6.45) is 3.60. The number of nitrogens with two attached hydrogens (primary N) is 1. The van der Waals surface area contributed by atoms with Gasteiger partial charge < -0.3 is 15.4 Å². The van der Waals surface area contributed by atoms with Crippen LogP contribution in [0.3, 0.4) is 0 Å². The largest absolute Gasteiger partial charge is 0.490 e. The molecule has 0 amide bonds. The molecule has 1 rings (SSSR count). The van der Waals surface area contributed by atoms with Crippen LogP contribution in [0.1, 0.15) is 26.7 Å². The van der Waals surface area contributed by atoms with Crippen molar-refractivity contribution in [1.82, 2.24) is 9.97 Å². The summed E-state index contributed by atoms with van der Waals surface area (Å²) < 4.78 is 5.26. The first-order valence-electron chi connectivity index (χ1n) is 5.63. The van der Waals surface area contributed by atoms with E-state index in [1.54, 1.807) is 7.11 Å². The molecule has 0 bridgehead atoms. The fraction of sp³-hybridized carbons (Fsp3) is 0.636. The molecule has 5 nitrogen and oxygen atoms in total. The summed E-state index contributed by atoms with van der Waals surface area (Å²) in [6, 6.07) is 0. The Labute approximate surface area is 96.6 Å². The Morgan fingerprint density at radius 1 is 1.25 bits per heavy atom. The quantitative estimate of drug-likeness (QED) is 0.796. The van der Waals surface area contributed by atoms with E-state index in [0.717, 1.165) is 31.7 Å². The van der Waals surface area contributed by atoms with Gasteiger partial charge in [0.25, 0.3) is 0 Å². The van der Waals surface area contributed by atoms with Crippen LogP contribution in [0.15, 0.2) is 6.33 Å². The highest BCUT2D eigenvalue weighted by molar-refractivity contribution is 5.62. The lowest BCUT2D eigenvalue weighted by atomic mass is 10.3. The number of nitrogen functional groups attached to an aromatic ring is 1. The SMILES string of the molecule is CCCN(CCC)c1ncnc(N)c1OC. The Bertz CT molecular complexity index is 324. The Balaban J connectivity index is 3.02. The van der Waals surface area contributed by atoms with Crippen molar-refractivity contribution in [2.45, 2.75) is 26.7 Å². The normalized spacial score (nSPS) is 10.2. The third kappa shape index (κ3) is 2.74. The molecule has 0 fully saturated rings. The number of hydrogen-bond donors (Lipinski definition) is 1. The second-order valence-electron chi connectivity index (χ2n) is 3.60. The second kappa shape index (κ2) is 6.15. The molecular weight excluding hydrogens is 204 g/mol. The highest BCUT2D eigenvalue weighted by Gasteiger charge is 2.15. The maximum absolute atomic E-state index is 5.76. The Kier molecular flexibility index (Phi) is 4.82. The zero-order valence-electron chi connectivity index (χ0n) is 10.2. The number of ether oxygens (including phenoxy) is 1. The van der Waals surface area contributed by atoms with E-state index in [-0.39, 0.29) is 0 Å². The molecule has 0 spiro atoms. The zero-order chi connectivity index (χ0) is 12.0. The fourth-order valence-electron chi connectivity index (χ4n) is 1.66. The van der Waals surface area contributed by atoms with Gasteiger partial charge in [-0.25, -0.2) is 9.97 Å². The van der Waals surface area contributed by atoms with Crippen LogP contribution in [-0.2, 0) is 0 Å². The Morgan fingerprint density at radius 2 is 1.88 bits per heavy atom. The maximum atomic E-state index is 5.76. The molecule has 0 aliphatic rings. The van der Waals surface area contributed by atoms with Gasteiger partial charge in [0, 0.05) is 13.1 Å². The van der Waals surface area contributed by atoms with Crippen LogP contribution in [0.2, 0.25) is 0 Å². The van der Waals surface area contributed by atoms with Crippen molar-refractivity contribution in [3.8, 4) is 5.75 Å². The van der Waals surface area contributed by atoms with E-state index < -0.39 is 0 Å². The third-order valence-corrected chi connectivity index (χ3v) is 2.30. The van der Waals surface area contributed by atoms with Crippen LogP contribution in [-0.4, -0.2) is 30.2 Å². The number of rotatable bonds is 6. The van der Waals surface area contributed by atoms with E-state index in [9.17, 15) is 0 Å². The summed E-state index contributed by atoms with van der Waals surface area (Å²) in [5.74, 6) is 1.76. The van der Waals surface area contributed by atoms with Crippen LogP contribution >= 0.6 is 0 Å². The molecule has 0 saturated heterocycles. The van der Waals surface area contributed by atoms with Crippen LogP contribution in [0, 0.1) is 0 Å². The average Bonchev–Trinajstić information content (AvgIpc) is 2.28. The van der Waals surface area contributed by atoms with E-state index in [0.29, 0.717) is 11.6 Å². The minimum atomic E-state index is 0.393. The lowest BCUT2D eigenvalue weighted by Crippen LogP contribution is -2.26. The van der Waals surface area contributed by atoms with Crippen molar-refractivity contribution in [1.29, 1.82) is 0 Å². The van der Waals surface area contributed by atoms with E-state index in [1.807, 2.05) is 0 Å². The lowest BCUT2D eigenvalue weighted by Gasteiger charge is -2.24. The summed E-state index contributed by atoms with van der Waals surface area (Å²) in [6.45, 7) is 6.17. The molecule has 0 aromatic carbocycles. The van der Waals surface area contributed by atoms with Gasteiger partial charge in [-0.05, 0) is 12.8 Å². The molecule has 1 heterocycles. The predicted molar refractivity (Wildman–Crippen MR) is 65.8 cm³/mol. The first-order valence-corrected chi connectivity index (χ1v) is 5.63. The maximum Gasteiger partial charge on any atom is 0.204 e. The second-order valence-corrected chi connectivity index (χ2v) is 3.60. The standard InChI is InChI=1S/C11H20N4O/c1-4-6-15(7-5-2)11-9(16-3)10(12)13-8-14-11/h8H,4-7H2,1-3H3,(H2,12,13,14). The Morgan fingerprint density at radius 3 is 2.38 bits per heavy atom. The van der Waals surface area contributed by atoms with Gasteiger partial charge in [-0.2, -0.15) is 0 Å². The average molecular weight is 224 g/mol. The first-order chi connectivity index (χ1) is 7.74. The van der Waals surface area contributed by atoms with Crippen molar-refractivity contribution in [3.63, 3.8) is 0 Å². The summed E-state index contributed by atoms with van der Waals surface area (Å²) in [7, 11) is 1.59. The smallest absolute Gasteiger partial charge is 0.204 e. The first kappa shape index (κ1) is 12.5. The molecule has 0 unspecified atom stereocenters. The summed E-state index contributed by atoms with van der Waals surface area (Å²) >= 11 is 0. The third-order valence-electron chi connectivity index (χ3n) is 2.30. The van der Waals surface area contributed by atoms with Crippen LogP contribution in [0.25, 0.3) is 0 Å². The van der Waals surface area contributed by atoms with Crippen LogP contribution < -0.4 is 15.4 Å². The minimum absolute atomic E-state index is 0.393. The van der Waals surface area contributed by atoms with Crippen molar-refractivity contribution in [3.05, 3.63) is 6.33 Å². The van der Waals surface area contributed by atoms with Crippen molar-refractivity contribution in [2.24, 2.45) is 0 Å². The molecule has 0 aliphatic heterocycles. The lowest BCUT2D eigenvalue weighted by molar-refractivity contribution is 0.412. The van der Waals surface area contributed by atoms with E-state index in [2.05, 4.69) is 28.7 Å². The van der Waals surface area contributed by atoms with E-state index >= 15 is 0 Å². The molecule has 0 aliphatic carbocycles. The zero-order valence-corrected chi connectivity index (χ0v) is 10.2. The highest BCUT2D eigenvalue weighted by Crippen LogP contribution is 2.29. The minimum Gasteiger partial charge on any atom is -0.490 e. The molecule has 0 radical (unpaired) electrons. The monoisotopic (exact) mass is 224 g/mol. The van der Waals surface area contributed by atoms with Gasteiger partial charge in [0.1, 0.15) is 6.33 Å². The van der Waals surface area contributed by atoms with E-state index in [4.69, 9.17) is 10.5 Å². The molecule has 16 heavy (non-hydrogen) atoms. The van der Waals surface area contributed by atoms with Gasteiger partial charge in [-0.3, -0.25) is 0 Å². The number of methoxy groups -OCH3 is 1. The molecule has 90 valence electrons.